The van der Waals surface area contributed by atoms with E-state index >= 15 is 0 Å². The molecule has 1 unspecified atom stereocenters. The van der Waals surface area contributed by atoms with Gasteiger partial charge in [0.1, 0.15) is 17.1 Å². The summed E-state index contributed by atoms with van der Waals surface area (Å²) in [6.07, 6.45) is 7.94. The summed E-state index contributed by atoms with van der Waals surface area (Å²) < 4.78 is 20.2. The number of nitrogens with one attached hydrogen (secondary N) is 1. The summed E-state index contributed by atoms with van der Waals surface area (Å²) in [6.45, 7) is 12.1. The number of benzene rings is 1. The van der Waals surface area contributed by atoms with Crippen LogP contribution in [0.1, 0.15) is 60.4 Å². The average Bonchev–Trinajstić information content (AvgIpc) is 3.08. The number of halogens is 1. The van der Waals surface area contributed by atoms with Gasteiger partial charge >= 0.3 is 18.9 Å². The van der Waals surface area contributed by atoms with Crippen LogP contribution in [0.15, 0.2) is 22.7 Å². The number of ketones is 1. The SMILES string of the molecule is Cc1nc2c(C)c(F)c(CCCC(=O)CC3CCc4[c-]ccnc4CC3)cc2o1.[CH2-]CNC[CH2-].[Li+]. The van der Waals surface area contributed by atoms with Crippen LogP contribution in [0.5, 0.6) is 0 Å². The maximum absolute atomic E-state index is 14.6. The first-order valence-corrected chi connectivity index (χ1v) is 12.1. The number of oxazole rings is 1. The number of hydrogen-bond donors (Lipinski definition) is 1. The van der Waals surface area contributed by atoms with Crippen molar-refractivity contribution in [2.75, 3.05) is 13.1 Å². The van der Waals surface area contributed by atoms with Crippen molar-refractivity contribution in [3.63, 3.8) is 0 Å². The summed E-state index contributed by atoms with van der Waals surface area (Å²) in [7, 11) is 0. The Morgan fingerprint density at radius 3 is 2.71 bits per heavy atom. The minimum Gasteiger partial charge on any atom is -0.441 e. The third-order valence-corrected chi connectivity index (χ3v) is 6.31. The summed E-state index contributed by atoms with van der Waals surface area (Å²) in [6, 6.07) is 6.88. The van der Waals surface area contributed by atoms with Crippen molar-refractivity contribution in [2.24, 2.45) is 5.92 Å². The number of Topliss-reactive ketones (excluding diaryl/α,β-unsaturated/α-hetero) is 1. The molecular weight excluding hydrogens is 436 g/mol. The van der Waals surface area contributed by atoms with Gasteiger partial charge in [-0.2, -0.15) is 12.1 Å². The van der Waals surface area contributed by atoms with Crippen LogP contribution in [-0.4, -0.2) is 28.8 Å². The molecule has 2 aromatic heterocycles. The van der Waals surface area contributed by atoms with Crippen LogP contribution in [0.25, 0.3) is 11.1 Å². The molecule has 0 amide bonds. The Bertz CT molecular complexity index is 1070. The van der Waals surface area contributed by atoms with Crippen molar-refractivity contribution in [3.8, 4) is 0 Å². The number of carbonyl (C=O) groups is 1. The Morgan fingerprint density at radius 2 is 2.00 bits per heavy atom. The van der Waals surface area contributed by atoms with E-state index in [1.54, 1.807) is 26.1 Å². The van der Waals surface area contributed by atoms with E-state index in [1.165, 1.54) is 5.56 Å². The topological polar surface area (TPSA) is 68.0 Å². The predicted octanol–water partition coefficient (Wildman–Crippen LogP) is 2.50. The van der Waals surface area contributed by atoms with Gasteiger partial charge in [-0.15, -0.1) is 18.7 Å². The van der Waals surface area contributed by atoms with Crippen LogP contribution >= 0.6 is 0 Å². The molecule has 0 spiro atoms. The van der Waals surface area contributed by atoms with Gasteiger partial charge in [-0.25, -0.2) is 9.37 Å². The normalized spacial score (nSPS) is 14.9. The van der Waals surface area contributed by atoms with Crippen molar-refractivity contribution in [3.05, 3.63) is 72.3 Å². The molecule has 0 saturated carbocycles. The standard InChI is InChI=1S/C24H26FN2O2.C4H9N.Li/c1-15-23(25)19(14-22-24(15)27-16(2)29-22)5-3-7-20(28)13-17-8-10-18-6-4-12-26-21(18)11-9-17;1-3-5-4-2;/h4,12,14,17H,3,5,7-11,13H2,1-2H3;5H,1-4H2;/q-1;-2;+1. The maximum Gasteiger partial charge on any atom is 1.00 e. The molecule has 0 aliphatic heterocycles. The number of carbonyl (C=O) groups excluding carboxylic acids is 1. The molecule has 2 heterocycles. The number of aryl methyl sites for hydroxylation is 5. The number of aromatic nitrogens is 2. The molecule has 1 aliphatic carbocycles. The van der Waals surface area contributed by atoms with E-state index in [0.717, 1.165) is 44.5 Å². The Balaban J connectivity index is 0.000000656. The van der Waals surface area contributed by atoms with Gasteiger partial charge in [-0.3, -0.25) is 4.79 Å². The zero-order chi connectivity index (χ0) is 24.5. The third-order valence-electron chi connectivity index (χ3n) is 6.31. The molecule has 35 heavy (non-hydrogen) atoms. The molecule has 1 aromatic carbocycles. The summed E-state index contributed by atoms with van der Waals surface area (Å²) in [5.74, 6) is 0.973. The molecule has 1 aliphatic rings. The van der Waals surface area contributed by atoms with Gasteiger partial charge in [0.05, 0.1) is 0 Å². The predicted molar refractivity (Wildman–Crippen MR) is 133 cm³/mol. The van der Waals surface area contributed by atoms with Gasteiger partial charge in [-0.05, 0) is 50.2 Å². The van der Waals surface area contributed by atoms with Crippen LogP contribution < -0.4 is 24.2 Å². The molecule has 1 N–H and O–H groups in total. The summed E-state index contributed by atoms with van der Waals surface area (Å²) >= 11 is 0. The monoisotopic (exact) mass is 471 g/mol. The Morgan fingerprint density at radius 1 is 1.26 bits per heavy atom. The molecule has 1 atom stereocenters. The Kier molecular flexibility index (Phi) is 12.1. The first-order chi connectivity index (χ1) is 16.4. The van der Waals surface area contributed by atoms with E-state index < -0.39 is 0 Å². The Hall–Kier alpha value is -2.00. The molecule has 3 aromatic rings. The van der Waals surface area contributed by atoms with Gasteiger partial charge in [0, 0.05) is 25.3 Å². The van der Waals surface area contributed by atoms with Crippen molar-refractivity contribution in [2.45, 2.75) is 65.2 Å². The summed E-state index contributed by atoms with van der Waals surface area (Å²) in [5.41, 5.74) is 4.65. The average molecular weight is 472 g/mol. The first-order valence-electron chi connectivity index (χ1n) is 12.1. The van der Waals surface area contributed by atoms with Crippen molar-refractivity contribution < 1.29 is 32.5 Å². The molecule has 0 fully saturated rings. The number of nitrogens with zero attached hydrogens (tertiary/aromatic N) is 2. The van der Waals surface area contributed by atoms with E-state index in [9.17, 15) is 9.18 Å². The maximum atomic E-state index is 14.6. The fraction of sp³-hybridized carbons (Fsp3) is 0.464. The molecule has 0 radical (unpaired) electrons. The van der Waals surface area contributed by atoms with E-state index in [1.807, 2.05) is 6.07 Å². The van der Waals surface area contributed by atoms with E-state index in [0.29, 0.717) is 59.7 Å². The fourth-order valence-corrected chi connectivity index (χ4v) is 4.48. The zero-order valence-corrected chi connectivity index (χ0v) is 21.4. The smallest absolute Gasteiger partial charge is 0.441 e. The molecule has 184 valence electrons. The molecule has 0 saturated heterocycles. The summed E-state index contributed by atoms with van der Waals surface area (Å²) in [5, 5.41) is 2.89. The van der Waals surface area contributed by atoms with Gasteiger partial charge in [0.25, 0.3) is 0 Å². The summed E-state index contributed by atoms with van der Waals surface area (Å²) in [4.78, 5) is 21.2. The molecule has 7 heteroatoms. The number of rotatable bonds is 8. The quantitative estimate of drug-likeness (QED) is 0.311. The second kappa shape index (κ2) is 14.5. The van der Waals surface area contributed by atoms with Crippen LogP contribution in [0, 0.1) is 45.5 Å². The van der Waals surface area contributed by atoms with E-state index in [2.05, 4.69) is 35.2 Å². The van der Waals surface area contributed by atoms with Crippen molar-refractivity contribution >= 4 is 16.9 Å². The van der Waals surface area contributed by atoms with Gasteiger partial charge in [0.15, 0.2) is 11.5 Å². The van der Waals surface area contributed by atoms with Crippen LogP contribution in [0.4, 0.5) is 4.39 Å². The van der Waals surface area contributed by atoms with Crippen molar-refractivity contribution in [1.29, 1.82) is 0 Å². The third kappa shape index (κ3) is 8.27. The van der Waals surface area contributed by atoms with Gasteiger partial charge in [-0.1, -0.05) is 24.7 Å². The zero-order valence-electron chi connectivity index (χ0n) is 21.4. The molecular formula is C28H35FLiN3O2-2. The number of pyridine rings is 1. The van der Waals surface area contributed by atoms with Crippen LogP contribution in [-0.2, 0) is 24.1 Å². The van der Waals surface area contributed by atoms with Gasteiger partial charge < -0.3 is 28.6 Å². The van der Waals surface area contributed by atoms with Crippen molar-refractivity contribution in [1.82, 2.24) is 15.3 Å². The largest absolute Gasteiger partial charge is 1.00 e. The second-order valence-corrected chi connectivity index (χ2v) is 8.86. The number of hydrogen-bond acceptors (Lipinski definition) is 5. The van der Waals surface area contributed by atoms with Gasteiger partial charge in [0.2, 0.25) is 0 Å². The molecule has 5 nitrogen and oxygen atoms in total. The fourth-order valence-electron chi connectivity index (χ4n) is 4.48. The minimum absolute atomic E-state index is 0. The van der Waals surface area contributed by atoms with Crippen LogP contribution in [0.2, 0.25) is 0 Å². The number of fused-ring (bicyclic) bond motifs is 2. The Labute approximate surface area is 220 Å². The molecule has 0 bridgehead atoms. The van der Waals surface area contributed by atoms with Crippen LogP contribution in [0.3, 0.4) is 0 Å². The first kappa shape index (κ1) is 29.2. The van der Waals surface area contributed by atoms with E-state index in [-0.39, 0.29) is 30.5 Å². The second-order valence-electron chi connectivity index (χ2n) is 8.86. The molecule has 4 rings (SSSR count). The van der Waals surface area contributed by atoms with E-state index in [4.69, 9.17) is 4.42 Å². The minimum atomic E-state index is -0.233.